The summed E-state index contributed by atoms with van der Waals surface area (Å²) < 4.78 is 6.09. The molecular weight excluding hydrogens is 260 g/mol. The van der Waals surface area contributed by atoms with Crippen LogP contribution < -0.4 is 11.2 Å². The molecular formula is C10H12N2O7. The number of hydrogen-bond donors (Lipinski definition) is 4. The SMILES string of the molecule is O=C(O)c1cn([C@@H]2C[C@@H](O)[C@H](CO)O2)c(=O)[nH]c1=O. The van der Waals surface area contributed by atoms with Crippen molar-refractivity contribution in [2.24, 2.45) is 0 Å². The molecule has 1 fully saturated rings. The average molecular weight is 272 g/mol. The summed E-state index contributed by atoms with van der Waals surface area (Å²) in [6.45, 7) is -0.429. The molecule has 0 bridgehead atoms. The van der Waals surface area contributed by atoms with Gasteiger partial charge in [0.15, 0.2) is 0 Å². The molecule has 0 unspecified atom stereocenters. The van der Waals surface area contributed by atoms with Gasteiger partial charge in [0.2, 0.25) is 0 Å². The number of aromatic carboxylic acids is 1. The highest BCUT2D eigenvalue weighted by Crippen LogP contribution is 2.27. The Hall–Kier alpha value is -1.97. The van der Waals surface area contributed by atoms with Crippen LogP contribution in [0.5, 0.6) is 0 Å². The molecule has 0 radical (unpaired) electrons. The number of aromatic amines is 1. The zero-order valence-electron chi connectivity index (χ0n) is 9.65. The van der Waals surface area contributed by atoms with Gasteiger partial charge in [-0.2, -0.15) is 0 Å². The number of aliphatic hydroxyl groups excluding tert-OH is 2. The predicted molar refractivity (Wildman–Crippen MR) is 59.9 cm³/mol. The van der Waals surface area contributed by atoms with E-state index in [4.69, 9.17) is 14.9 Å². The van der Waals surface area contributed by atoms with Gasteiger partial charge in [0, 0.05) is 12.6 Å². The summed E-state index contributed by atoms with van der Waals surface area (Å²) in [5.41, 5.74) is -2.46. The standard InChI is InChI=1S/C10H12N2O7/c13-3-6-5(14)1-7(19-6)12-2-4(9(16)17)8(15)11-10(12)18/h2,5-7,13-14H,1,3H2,(H,16,17)(H,11,15,18)/t5-,6+,7+/m1/s1. The number of nitrogens with one attached hydrogen (secondary N) is 1. The summed E-state index contributed by atoms with van der Waals surface area (Å²) in [6, 6.07) is 0. The van der Waals surface area contributed by atoms with Crippen molar-refractivity contribution in [1.82, 2.24) is 9.55 Å². The maximum absolute atomic E-state index is 11.6. The molecule has 9 nitrogen and oxygen atoms in total. The predicted octanol–water partition coefficient (Wildman–Crippen LogP) is -2.12. The molecule has 3 atom stereocenters. The number of carboxylic acid groups (broad SMARTS) is 1. The van der Waals surface area contributed by atoms with Crippen LogP contribution in [0, 0.1) is 0 Å². The number of hydrogen-bond acceptors (Lipinski definition) is 6. The highest BCUT2D eigenvalue weighted by atomic mass is 16.5. The molecule has 2 rings (SSSR count). The van der Waals surface area contributed by atoms with Crippen molar-refractivity contribution in [3.63, 3.8) is 0 Å². The maximum Gasteiger partial charge on any atom is 0.342 e. The lowest BCUT2D eigenvalue weighted by atomic mass is 10.2. The van der Waals surface area contributed by atoms with E-state index in [1.54, 1.807) is 0 Å². The van der Waals surface area contributed by atoms with Crippen molar-refractivity contribution in [2.45, 2.75) is 24.9 Å². The Labute approximate surface area is 105 Å². The first-order valence-electron chi connectivity index (χ1n) is 5.47. The largest absolute Gasteiger partial charge is 0.477 e. The Morgan fingerprint density at radius 2 is 2.21 bits per heavy atom. The third-order valence-electron chi connectivity index (χ3n) is 2.89. The summed E-state index contributed by atoms with van der Waals surface area (Å²) in [7, 11) is 0. The van der Waals surface area contributed by atoms with Crippen LogP contribution in [0.25, 0.3) is 0 Å². The van der Waals surface area contributed by atoms with Crippen molar-refractivity contribution >= 4 is 5.97 Å². The number of aliphatic hydroxyl groups is 2. The highest BCUT2D eigenvalue weighted by molar-refractivity contribution is 5.86. The quantitative estimate of drug-likeness (QED) is 0.492. The van der Waals surface area contributed by atoms with Crippen molar-refractivity contribution in [2.75, 3.05) is 6.61 Å². The minimum Gasteiger partial charge on any atom is -0.477 e. The van der Waals surface area contributed by atoms with Gasteiger partial charge in [-0.05, 0) is 0 Å². The zero-order chi connectivity index (χ0) is 14.2. The lowest BCUT2D eigenvalue weighted by Gasteiger charge is -2.14. The molecule has 104 valence electrons. The molecule has 0 spiro atoms. The maximum atomic E-state index is 11.6. The fourth-order valence-electron chi connectivity index (χ4n) is 1.90. The number of nitrogens with zero attached hydrogens (tertiary/aromatic N) is 1. The van der Waals surface area contributed by atoms with Gasteiger partial charge in [0.25, 0.3) is 5.56 Å². The van der Waals surface area contributed by atoms with E-state index in [1.807, 2.05) is 4.98 Å². The zero-order valence-corrected chi connectivity index (χ0v) is 9.65. The average Bonchev–Trinajstić information content (AvgIpc) is 2.69. The monoisotopic (exact) mass is 272 g/mol. The van der Waals surface area contributed by atoms with Crippen molar-refractivity contribution in [1.29, 1.82) is 0 Å². The van der Waals surface area contributed by atoms with Gasteiger partial charge in [-0.25, -0.2) is 9.59 Å². The second kappa shape index (κ2) is 4.96. The molecule has 1 aliphatic heterocycles. The fraction of sp³-hybridized carbons (Fsp3) is 0.500. The molecule has 0 amide bonds. The molecule has 1 aromatic heterocycles. The number of H-pyrrole nitrogens is 1. The fourth-order valence-corrected chi connectivity index (χ4v) is 1.90. The van der Waals surface area contributed by atoms with Gasteiger partial charge < -0.3 is 20.1 Å². The number of aromatic nitrogens is 2. The third-order valence-corrected chi connectivity index (χ3v) is 2.89. The van der Waals surface area contributed by atoms with Crippen LogP contribution in [-0.2, 0) is 4.74 Å². The third kappa shape index (κ3) is 2.43. The molecule has 0 saturated carbocycles. The lowest BCUT2D eigenvalue weighted by Crippen LogP contribution is -2.35. The van der Waals surface area contributed by atoms with E-state index < -0.39 is 47.8 Å². The van der Waals surface area contributed by atoms with Crippen LogP contribution in [0.3, 0.4) is 0 Å². The van der Waals surface area contributed by atoms with Crippen LogP contribution in [0.4, 0.5) is 0 Å². The lowest BCUT2D eigenvalue weighted by molar-refractivity contribution is -0.0460. The molecule has 0 aliphatic carbocycles. The van der Waals surface area contributed by atoms with Crippen molar-refractivity contribution in [3.05, 3.63) is 32.6 Å². The van der Waals surface area contributed by atoms with E-state index in [-0.39, 0.29) is 6.42 Å². The molecule has 9 heteroatoms. The Morgan fingerprint density at radius 1 is 1.53 bits per heavy atom. The molecule has 2 heterocycles. The van der Waals surface area contributed by atoms with E-state index in [1.165, 1.54) is 0 Å². The normalized spacial score (nSPS) is 26.5. The second-order valence-corrected chi connectivity index (χ2v) is 4.13. The Bertz CT molecular complexity index is 605. The van der Waals surface area contributed by atoms with Crippen LogP contribution in [-0.4, -0.2) is 49.7 Å². The first-order chi connectivity index (χ1) is 8.93. The number of carbonyl (C=O) groups is 1. The van der Waals surface area contributed by atoms with Crippen LogP contribution in [0.2, 0.25) is 0 Å². The van der Waals surface area contributed by atoms with Gasteiger partial charge in [0.05, 0.1) is 12.7 Å². The Balaban J connectivity index is 2.41. The minimum atomic E-state index is -1.48. The van der Waals surface area contributed by atoms with Gasteiger partial charge in [-0.1, -0.05) is 0 Å². The number of ether oxygens (including phenoxy) is 1. The van der Waals surface area contributed by atoms with E-state index >= 15 is 0 Å². The second-order valence-electron chi connectivity index (χ2n) is 4.13. The number of rotatable bonds is 3. The minimum absolute atomic E-state index is 0.0102. The first kappa shape index (κ1) is 13.5. The molecule has 1 aromatic rings. The van der Waals surface area contributed by atoms with E-state index in [2.05, 4.69) is 0 Å². The summed E-state index contributed by atoms with van der Waals surface area (Å²) in [5, 5.41) is 27.3. The van der Waals surface area contributed by atoms with Gasteiger partial charge >= 0.3 is 11.7 Å². The van der Waals surface area contributed by atoms with E-state index in [0.717, 1.165) is 10.8 Å². The van der Waals surface area contributed by atoms with E-state index in [9.17, 15) is 19.5 Å². The Morgan fingerprint density at radius 3 is 2.74 bits per heavy atom. The molecule has 1 aliphatic rings. The molecule has 4 N–H and O–H groups in total. The van der Waals surface area contributed by atoms with Crippen LogP contribution in [0.15, 0.2) is 15.8 Å². The van der Waals surface area contributed by atoms with Crippen LogP contribution in [0.1, 0.15) is 23.0 Å². The first-order valence-corrected chi connectivity index (χ1v) is 5.47. The van der Waals surface area contributed by atoms with Gasteiger partial charge in [-0.15, -0.1) is 0 Å². The molecule has 0 aromatic carbocycles. The topological polar surface area (TPSA) is 142 Å². The highest BCUT2D eigenvalue weighted by Gasteiger charge is 2.35. The van der Waals surface area contributed by atoms with Crippen molar-refractivity contribution in [3.8, 4) is 0 Å². The molecule has 19 heavy (non-hydrogen) atoms. The van der Waals surface area contributed by atoms with Crippen LogP contribution >= 0.6 is 0 Å². The summed E-state index contributed by atoms with van der Waals surface area (Å²) in [6.07, 6.45) is -1.88. The summed E-state index contributed by atoms with van der Waals surface area (Å²) in [4.78, 5) is 35.5. The Kier molecular flexibility index (Phi) is 3.51. The molecule has 1 saturated heterocycles. The number of carboxylic acids is 1. The smallest absolute Gasteiger partial charge is 0.342 e. The van der Waals surface area contributed by atoms with Crippen molar-refractivity contribution < 1.29 is 24.9 Å². The van der Waals surface area contributed by atoms with Gasteiger partial charge in [0.1, 0.15) is 17.9 Å². The van der Waals surface area contributed by atoms with E-state index in [0.29, 0.717) is 0 Å². The van der Waals surface area contributed by atoms with Gasteiger partial charge in [-0.3, -0.25) is 14.3 Å². The summed E-state index contributed by atoms with van der Waals surface area (Å²) >= 11 is 0. The summed E-state index contributed by atoms with van der Waals surface area (Å²) in [5.74, 6) is -1.48.